The molecule has 0 fully saturated rings. The van der Waals surface area contributed by atoms with Gasteiger partial charge in [-0.1, -0.05) is 18.2 Å². The van der Waals surface area contributed by atoms with Gasteiger partial charge in [-0.15, -0.1) is 0 Å². The first-order chi connectivity index (χ1) is 12.3. The van der Waals surface area contributed by atoms with Crippen LogP contribution in [0.1, 0.15) is 36.7 Å². The van der Waals surface area contributed by atoms with Crippen LogP contribution in [0.25, 0.3) is 0 Å². The standard InChI is InChI=1S/C20H22FNO4/c1-13(2)25-12-15-7-9-16(10-8-15)20(24)26-14(3)19(23)22-18-6-4-5-17(21)11-18/h4-11,13-14H,12H2,1-3H3,(H,22,23)/t14-/m1/s1. The highest BCUT2D eigenvalue weighted by Gasteiger charge is 2.19. The number of carbonyl (C=O) groups is 2. The van der Waals surface area contributed by atoms with Crippen molar-refractivity contribution in [3.63, 3.8) is 0 Å². The van der Waals surface area contributed by atoms with E-state index in [0.717, 1.165) is 5.56 Å². The Morgan fingerprint density at radius 2 is 1.77 bits per heavy atom. The summed E-state index contributed by atoms with van der Waals surface area (Å²) in [6.45, 7) is 5.81. The van der Waals surface area contributed by atoms with Crippen LogP contribution in [-0.4, -0.2) is 24.1 Å². The van der Waals surface area contributed by atoms with Gasteiger partial charge in [0.05, 0.1) is 18.3 Å². The van der Waals surface area contributed by atoms with E-state index in [2.05, 4.69) is 5.32 Å². The number of ether oxygens (including phenoxy) is 2. The zero-order valence-corrected chi connectivity index (χ0v) is 15.0. The molecule has 2 aromatic rings. The molecule has 0 bridgehead atoms. The van der Waals surface area contributed by atoms with Gasteiger partial charge >= 0.3 is 5.97 Å². The number of nitrogens with one attached hydrogen (secondary N) is 1. The molecule has 1 atom stereocenters. The molecule has 0 aliphatic rings. The van der Waals surface area contributed by atoms with Gasteiger partial charge in [0.1, 0.15) is 5.82 Å². The Kier molecular flexibility index (Phi) is 6.86. The van der Waals surface area contributed by atoms with E-state index >= 15 is 0 Å². The second-order valence-electron chi connectivity index (χ2n) is 6.10. The van der Waals surface area contributed by atoms with Crippen molar-refractivity contribution in [1.82, 2.24) is 0 Å². The lowest BCUT2D eigenvalue weighted by Crippen LogP contribution is -2.30. The highest BCUT2D eigenvalue weighted by molar-refractivity contribution is 5.97. The summed E-state index contributed by atoms with van der Waals surface area (Å²) in [5.74, 6) is -1.61. The van der Waals surface area contributed by atoms with Crippen LogP contribution in [0.4, 0.5) is 10.1 Å². The molecule has 2 aromatic carbocycles. The van der Waals surface area contributed by atoms with Crippen LogP contribution >= 0.6 is 0 Å². The predicted octanol–water partition coefficient (Wildman–Crippen LogP) is 3.93. The monoisotopic (exact) mass is 359 g/mol. The van der Waals surface area contributed by atoms with Crippen molar-refractivity contribution in [1.29, 1.82) is 0 Å². The van der Waals surface area contributed by atoms with Crippen LogP contribution in [0.2, 0.25) is 0 Å². The van der Waals surface area contributed by atoms with Gasteiger partial charge in [-0.25, -0.2) is 9.18 Å². The molecule has 0 radical (unpaired) electrons. The Hall–Kier alpha value is -2.73. The number of rotatable bonds is 7. The SMILES string of the molecule is CC(C)OCc1ccc(C(=O)O[C@H](C)C(=O)Nc2cccc(F)c2)cc1. The zero-order chi connectivity index (χ0) is 19.1. The minimum atomic E-state index is -1.02. The van der Waals surface area contributed by atoms with Crippen molar-refractivity contribution in [3.8, 4) is 0 Å². The first-order valence-corrected chi connectivity index (χ1v) is 8.33. The van der Waals surface area contributed by atoms with Gasteiger partial charge in [-0.2, -0.15) is 0 Å². The molecule has 0 spiro atoms. The van der Waals surface area contributed by atoms with E-state index < -0.39 is 23.8 Å². The van der Waals surface area contributed by atoms with Gasteiger partial charge in [0.25, 0.3) is 5.91 Å². The summed E-state index contributed by atoms with van der Waals surface area (Å²) < 4.78 is 23.8. The second-order valence-corrected chi connectivity index (χ2v) is 6.10. The van der Waals surface area contributed by atoms with Crippen molar-refractivity contribution in [2.24, 2.45) is 0 Å². The van der Waals surface area contributed by atoms with Gasteiger partial charge in [0, 0.05) is 5.69 Å². The first kappa shape index (κ1) is 19.6. The maximum Gasteiger partial charge on any atom is 0.338 e. The van der Waals surface area contributed by atoms with Crippen molar-refractivity contribution >= 4 is 17.6 Å². The third-order valence-corrected chi connectivity index (χ3v) is 3.52. The topological polar surface area (TPSA) is 64.6 Å². The number of anilines is 1. The van der Waals surface area contributed by atoms with Crippen LogP contribution < -0.4 is 5.32 Å². The number of hydrogen-bond donors (Lipinski definition) is 1. The molecule has 0 unspecified atom stereocenters. The maximum atomic E-state index is 13.1. The van der Waals surface area contributed by atoms with E-state index in [0.29, 0.717) is 17.9 Å². The Morgan fingerprint density at radius 1 is 1.08 bits per heavy atom. The predicted molar refractivity (Wildman–Crippen MR) is 96.3 cm³/mol. The third-order valence-electron chi connectivity index (χ3n) is 3.52. The lowest BCUT2D eigenvalue weighted by molar-refractivity contribution is -0.123. The lowest BCUT2D eigenvalue weighted by atomic mass is 10.1. The Balaban J connectivity index is 1.90. The van der Waals surface area contributed by atoms with E-state index in [1.165, 1.54) is 25.1 Å². The third kappa shape index (κ3) is 5.97. The molecule has 138 valence electrons. The largest absolute Gasteiger partial charge is 0.449 e. The van der Waals surface area contributed by atoms with E-state index in [1.807, 2.05) is 13.8 Å². The minimum Gasteiger partial charge on any atom is -0.449 e. The molecular formula is C20H22FNO4. The number of halogens is 1. The minimum absolute atomic E-state index is 0.122. The number of hydrogen-bond acceptors (Lipinski definition) is 4. The molecule has 0 saturated heterocycles. The Bertz CT molecular complexity index is 759. The molecule has 0 aliphatic heterocycles. The number of benzene rings is 2. The molecule has 1 amide bonds. The highest BCUT2D eigenvalue weighted by Crippen LogP contribution is 2.12. The summed E-state index contributed by atoms with van der Waals surface area (Å²) in [4.78, 5) is 24.2. The fourth-order valence-corrected chi connectivity index (χ4v) is 2.09. The average Bonchev–Trinajstić information content (AvgIpc) is 2.60. The molecule has 0 heterocycles. The Morgan fingerprint density at radius 3 is 2.38 bits per heavy atom. The van der Waals surface area contributed by atoms with Crippen molar-refractivity contribution < 1.29 is 23.5 Å². The van der Waals surface area contributed by atoms with Crippen LogP contribution in [0.15, 0.2) is 48.5 Å². The summed E-state index contributed by atoms with van der Waals surface area (Å²) in [5, 5.41) is 2.50. The summed E-state index contributed by atoms with van der Waals surface area (Å²) >= 11 is 0. The molecule has 26 heavy (non-hydrogen) atoms. The quantitative estimate of drug-likeness (QED) is 0.761. The van der Waals surface area contributed by atoms with Gasteiger partial charge in [-0.05, 0) is 56.7 Å². The van der Waals surface area contributed by atoms with Crippen molar-refractivity contribution in [2.45, 2.75) is 39.6 Å². The summed E-state index contributed by atoms with van der Waals surface area (Å²) in [5.41, 5.74) is 1.57. The molecule has 5 nitrogen and oxygen atoms in total. The lowest BCUT2D eigenvalue weighted by Gasteiger charge is -2.14. The molecule has 0 aliphatic carbocycles. The van der Waals surface area contributed by atoms with E-state index in [-0.39, 0.29) is 6.10 Å². The van der Waals surface area contributed by atoms with Gasteiger partial charge in [0.15, 0.2) is 6.10 Å². The van der Waals surface area contributed by atoms with Crippen LogP contribution in [0.5, 0.6) is 0 Å². The Labute approximate surface area is 152 Å². The fraction of sp³-hybridized carbons (Fsp3) is 0.300. The van der Waals surface area contributed by atoms with E-state index in [9.17, 15) is 14.0 Å². The molecule has 2 rings (SSSR count). The fourth-order valence-electron chi connectivity index (χ4n) is 2.09. The van der Waals surface area contributed by atoms with Crippen LogP contribution in [-0.2, 0) is 20.9 Å². The van der Waals surface area contributed by atoms with Gasteiger partial charge < -0.3 is 14.8 Å². The molecule has 0 aromatic heterocycles. The molecule has 0 saturated carbocycles. The summed E-state index contributed by atoms with van der Waals surface area (Å²) in [6.07, 6.45) is -0.896. The van der Waals surface area contributed by atoms with Gasteiger partial charge in [-0.3, -0.25) is 4.79 Å². The highest BCUT2D eigenvalue weighted by atomic mass is 19.1. The van der Waals surface area contributed by atoms with E-state index in [1.54, 1.807) is 30.3 Å². The number of esters is 1. The molecule has 1 N–H and O–H groups in total. The van der Waals surface area contributed by atoms with E-state index in [4.69, 9.17) is 9.47 Å². The van der Waals surface area contributed by atoms with Crippen molar-refractivity contribution in [3.05, 3.63) is 65.5 Å². The number of carbonyl (C=O) groups excluding carboxylic acids is 2. The maximum absolute atomic E-state index is 13.1. The summed E-state index contributed by atoms with van der Waals surface area (Å²) in [7, 11) is 0. The van der Waals surface area contributed by atoms with Crippen LogP contribution in [0, 0.1) is 5.82 Å². The molecule has 6 heteroatoms. The second kappa shape index (κ2) is 9.10. The van der Waals surface area contributed by atoms with Crippen molar-refractivity contribution in [2.75, 3.05) is 5.32 Å². The summed E-state index contributed by atoms with van der Waals surface area (Å²) in [6, 6.07) is 12.3. The first-order valence-electron chi connectivity index (χ1n) is 8.33. The zero-order valence-electron chi connectivity index (χ0n) is 15.0. The smallest absolute Gasteiger partial charge is 0.338 e. The van der Waals surface area contributed by atoms with Gasteiger partial charge in [0.2, 0.25) is 0 Å². The van der Waals surface area contributed by atoms with Crippen LogP contribution in [0.3, 0.4) is 0 Å². The molecular weight excluding hydrogens is 337 g/mol. The number of amides is 1. The average molecular weight is 359 g/mol. The normalized spacial score (nSPS) is 11.9.